The van der Waals surface area contributed by atoms with Crippen molar-refractivity contribution in [1.29, 1.82) is 0 Å². The highest BCUT2D eigenvalue weighted by Gasteiger charge is 2.25. The van der Waals surface area contributed by atoms with Crippen molar-refractivity contribution < 1.29 is 14.1 Å². The monoisotopic (exact) mass is 403 g/mol. The lowest BCUT2D eigenvalue weighted by Crippen LogP contribution is -2.18. The zero-order valence-corrected chi connectivity index (χ0v) is 16.0. The maximum atomic E-state index is 12.8. The van der Waals surface area contributed by atoms with Crippen LogP contribution in [0.2, 0.25) is 10.0 Å². The van der Waals surface area contributed by atoms with E-state index in [1.165, 1.54) is 0 Å². The van der Waals surface area contributed by atoms with Crippen LogP contribution in [0.25, 0.3) is 11.3 Å². The van der Waals surface area contributed by atoms with Crippen molar-refractivity contribution >= 4 is 40.7 Å². The lowest BCUT2D eigenvalue weighted by Gasteiger charge is -2.08. The van der Waals surface area contributed by atoms with E-state index in [2.05, 4.69) is 15.8 Å². The second-order valence-electron chi connectivity index (χ2n) is 5.67. The summed E-state index contributed by atoms with van der Waals surface area (Å²) in [6.45, 7) is 1.63. The van der Waals surface area contributed by atoms with Crippen LogP contribution in [-0.2, 0) is 0 Å². The van der Waals surface area contributed by atoms with E-state index >= 15 is 0 Å². The van der Waals surface area contributed by atoms with Gasteiger partial charge in [0.25, 0.3) is 11.8 Å². The molecule has 1 heterocycles. The third kappa shape index (κ3) is 3.82. The summed E-state index contributed by atoms with van der Waals surface area (Å²) in [6.07, 6.45) is 0. The number of nitrogens with zero attached hydrogens (tertiary/aromatic N) is 1. The summed E-state index contributed by atoms with van der Waals surface area (Å²) < 4.78 is 5.20. The van der Waals surface area contributed by atoms with Crippen LogP contribution in [0.4, 0.5) is 5.69 Å². The number of hydrogen-bond acceptors (Lipinski definition) is 4. The maximum Gasteiger partial charge on any atom is 0.261 e. The van der Waals surface area contributed by atoms with Crippen LogP contribution in [0.5, 0.6) is 0 Å². The first-order chi connectivity index (χ1) is 12.9. The zero-order valence-electron chi connectivity index (χ0n) is 14.5. The average Bonchev–Trinajstić information content (AvgIpc) is 3.03. The molecule has 2 N–H and O–H groups in total. The summed E-state index contributed by atoms with van der Waals surface area (Å²) in [5, 5.41) is 9.98. The van der Waals surface area contributed by atoms with Gasteiger partial charge >= 0.3 is 0 Å². The topological polar surface area (TPSA) is 84.2 Å². The second kappa shape index (κ2) is 7.82. The SMILES string of the molecule is CNC(=O)c1ccc(NC(=O)c2c(-c3c(Cl)cccc3Cl)noc2C)cc1. The smallest absolute Gasteiger partial charge is 0.261 e. The van der Waals surface area contributed by atoms with Crippen molar-refractivity contribution in [3.8, 4) is 11.3 Å². The molecule has 0 fully saturated rings. The molecule has 3 aromatic rings. The van der Waals surface area contributed by atoms with Gasteiger partial charge in [-0.3, -0.25) is 9.59 Å². The molecular formula is C19H15Cl2N3O3. The van der Waals surface area contributed by atoms with Crippen LogP contribution < -0.4 is 10.6 Å². The van der Waals surface area contributed by atoms with Gasteiger partial charge < -0.3 is 15.2 Å². The molecule has 8 heteroatoms. The Bertz CT molecular complexity index is 993. The lowest BCUT2D eigenvalue weighted by molar-refractivity contribution is 0.0962. The molecule has 2 aromatic carbocycles. The number of benzene rings is 2. The summed E-state index contributed by atoms with van der Waals surface area (Å²) in [5.41, 5.74) is 1.94. The third-order valence-corrected chi connectivity index (χ3v) is 4.55. The molecule has 2 amide bonds. The van der Waals surface area contributed by atoms with Gasteiger partial charge in [0.2, 0.25) is 0 Å². The standard InChI is InChI=1S/C19H15Cl2N3O3/c1-10-15(17(24-27-10)16-13(20)4-3-5-14(16)21)19(26)23-12-8-6-11(7-9-12)18(25)22-2/h3-9H,1-2H3,(H,22,25)(H,23,26). The fraction of sp³-hybridized carbons (Fsp3) is 0.105. The normalized spacial score (nSPS) is 10.5. The van der Waals surface area contributed by atoms with E-state index in [9.17, 15) is 9.59 Å². The summed E-state index contributed by atoms with van der Waals surface area (Å²) >= 11 is 12.5. The molecule has 0 unspecified atom stereocenters. The highest BCUT2D eigenvalue weighted by atomic mass is 35.5. The highest BCUT2D eigenvalue weighted by molar-refractivity contribution is 6.39. The Hall–Kier alpha value is -2.83. The number of halogens is 2. The minimum absolute atomic E-state index is 0.210. The zero-order chi connectivity index (χ0) is 19.6. The number of carbonyl (C=O) groups excluding carboxylic acids is 2. The Labute approximate surface area is 165 Å². The largest absolute Gasteiger partial charge is 0.360 e. The Morgan fingerprint density at radius 3 is 2.22 bits per heavy atom. The van der Waals surface area contributed by atoms with E-state index in [0.29, 0.717) is 32.6 Å². The van der Waals surface area contributed by atoms with Crippen molar-refractivity contribution in [3.63, 3.8) is 0 Å². The lowest BCUT2D eigenvalue weighted by atomic mass is 10.1. The summed E-state index contributed by atoms with van der Waals surface area (Å²) in [4.78, 5) is 24.4. The highest BCUT2D eigenvalue weighted by Crippen LogP contribution is 2.36. The van der Waals surface area contributed by atoms with Gasteiger partial charge in [-0.2, -0.15) is 0 Å². The number of aryl methyl sites for hydroxylation is 1. The molecule has 0 aliphatic heterocycles. The molecule has 0 bridgehead atoms. The van der Waals surface area contributed by atoms with Crippen molar-refractivity contribution in [2.75, 3.05) is 12.4 Å². The second-order valence-corrected chi connectivity index (χ2v) is 6.48. The third-order valence-electron chi connectivity index (χ3n) is 3.92. The minimum Gasteiger partial charge on any atom is -0.360 e. The van der Waals surface area contributed by atoms with Crippen LogP contribution in [-0.4, -0.2) is 24.0 Å². The van der Waals surface area contributed by atoms with Crippen molar-refractivity contribution in [2.45, 2.75) is 6.92 Å². The first-order valence-electron chi connectivity index (χ1n) is 7.96. The van der Waals surface area contributed by atoms with Crippen LogP contribution in [0.3, 0.4) is 0 Å². The first kappa shape index (κ1) is 18.9. The van der Waals surface area contributed by atoms with Gasteiger partial charge in [0.05, 0.1) is 10.0 Å². The van der Waals surface area contributed by atoms with Gasteiger partial charge in [0.1, 0.15) is 17.0 Å². The van der Waals surface area contributed by atoms with Crippen molar-refractivity contribution in [2.24, 2.45) is 0 Å². The molecule has 0 radical (unpaired) electrons. The molecule has 0 aliphatic carbocycles. The van der Waals surface area contributed by atoms with E-state index < -0.39 is 5.91 Å². The number of amides is 2. The fourth-order valence-electron chi connectivity index (χ4n) is 2.58. The van der Waals surface area contributed by atoms with Crippen LogP contribution >= 0.6 is 23.2 Å². The van der Waals surface area contributed by atoms with E-state index in [0.717, 1.165) is 0 Å². The molecule has 0 spiro atoms. The molecule has 1 aromatic heterocycles. The number of rotatable bonds is 4. The van der Waals surface area contributed by atoms with E-state index in [-0.39, 0.29) is 17.2 Å². The van der Waals surface area contributed by atoms with E-state index in [1.807, 2.05) is 0 Å². The van der Waals surface area contributed by atoms with E-state index in [4.69, 9.17) is 27.7 Å². The molecule has 0 saturated carbocycles. The molecule has 27 heavy (non-hydrogen) atoms. The number of hydrogen-bond donors (Lipinski definition) is 2. The van der Waals surface area contributed by atoms with Gasteiger partial charge in [-0.1, -0.05) is 34.4 Å². The summed E-state index contributed by atoms with van der Waals surface area (Å²) in [6, 6.07) is 11.5. The first-order valence-corrected chi connectivity index (χ1v) is 8.72. The van der Waals surface area contributed by atoms with Gasteiger partial charge in [-0.25, -0.2) is 0 Å². The van der Waals surface area contributed by atoms with Gasteiger partial charge in [-0.15, -0.1) is 0 Å². The van der Waals surface area contributed by atoms with Crippen LogP contribution in [0.15, 0.2) is 47.0 Å². The van der Waals surface area contributed by atoms with Gasteiger partial charge in [0.15, 0.2) is 0 Å². The predicted octanol–water partition coefficient (Wildman–Crippen LogP) is 4.57. The average molecular weight is 404 g/mol. The van der Waals surface area contributed by atoms with Gasteiger partial charge in [-0.05, 0) is 43.3 Å². The van der Waals surface area contributed by atoms with Crippen LogP contribution in [0, 0.1) is 6.92 Å². The Kier molecular flexibility index (Phi) is 5.48. The Balaban J connectivity index is 1.92. The number of nitrogens with one attached hydrogen (secondary N) is 2. The number of anilines is 1. The van der Waals surface area contributed by atoms with Crippen molar-refractivity contribution in [3.05, 3.63) is 69.4 Å². The summed E-state index contributed by atoms with van der Waals surface area (Å²) in [7, 11) is 1.55. The Morgan fingerprint density at radius 2 is 1.63 bits per heavy atom. The number of carbonyl (C=O) groups is 2. The minimum atomic E-state index is -0.424. The molecule has 138 valence electrons. The molecule has 3 rings (SSSR count). The Morgan fingerprint density at radius 1 is 1.00 bits per heavy atom. The summed E-state index contributed by atoms with van der Waals surface area (Å²) in [5.74, 6) is -0.300. The molecule has 6 nitrogen and oxygen atoms in total. The predicted molar refractivity (Wildman–Crippen MR) is 104 cm³/mol. The maximum absolute atomic E-state index is 12.8. The van der Waals surface area contributed by atoms with Crippen molar-refractivity contribution in [1.82, 2.24) is 10.5 Å². The van der Waals surface area contributed by atoms with E-state index in [1.54, 1.807) is 56.4 Å². The van der Waals surface area contributed by atoms with Crippen LogP contribution in [0.1, 0.15) is 26.5 Å². The number of aromatic nitrogens is 1. The molecule has 0 saturated heterocycles. The molecular weight excluding hydrogens is 389 g/mol. The van der Waals surface area contributed by atoms with Gasteiger partial charge in [0, 0.05) is 23.9 Å². The quantitative estimate of drug-likeness (QED) is 0.667. The molecule has 0 aliphatic rings. The fourth-order valence-corrected chi connectivity index (χ4v) is 3.15. The molecule has 0 atom stereocenters.